The number of phenols is 1. The maximum Gasteiger partial charge on any atom is 0.326 e. The van der Waals surface area contributed by atoms with E-state index in [0.717, 1.165) is 0 Å². The predicted octanol–water partition coefficient (Wildman–Crippen LogP) is -1.14. The predicted molar refractivity (Wildman–Crippen MR) is 115 cm³/mol. The lowest BCUT2D eigenvalue weighted by atomic mass is 9.99. The highest BCUT2D eigenvalue weighted by atomic mass is 16.4. The minimum Gasteiger partial charge on any atom is -0.508 e. The molecule has 11 nitrogen and oxygen atoms in total. The molecule has 0 spiro atoms. The van der Waals surface area contributed by atoms with Crippen molar-refractivity contribution >= 4 is 23.7 Å². The molecule has 0 fully saturated rings. The first-order chi connectivity index (χ1) is 15.0. The third-order valence-electron chi connectivity index (χ3n) is 5.06. The number of amides is 3. The van der Waals surface area contributed by atoms with Crippen LogP contribution in [0.2, 0.25) is 0 Å². The molecular formula is C21H32N4O7. The largest absolute Gasteiger partial charge is 0.508 e. The molecule has 0 aliphatic carbocycles. The number of phenolic OH excluding ortho intramolecular Hbond substituents is 1. The smallest absolute Gasteiger partial charge is 0.326 e. The summed E-state index contributed by atoms with van der Waals surface area (Å²) in [5.74, 6) is -3.56. The van der Waals surface area contributed by atoms with E-state index in [2.05, 4.69) is 16.0 Å². The van der Waals surface area contributed by atoms with Gasteiger partial charge >= 0.3 is 5.97 Å². The summed E-state index contributed by atoms with van der Waals surface area (Å²) in [5.41, 5.74) is 6.34. The minimum atomic E-state index is -1.44. The van der Waals surface area contributed by atoms with E-state index in [1.165, 1.54) is 31.2 Å². The van der Waals surface area contributed by atoms with Gasteiger partial charge in [-0.1, -0.05) is 32.4 Å². The topological polar surface area (TPSA) is 191 Å². The number of aliphatic carboxylic acids is 1. The Bertz CT molecular complexity index is 798. The van der Waals surface area contributed by atoms with Crippen LogP contribution >= 0.6 is 0 Å². The quantitative estimate of drug-likeness (QED) is 0.207. The van der Waals surface area contributed by atoms with Crippen LogP contribution in [0.15, 0.2) is 24.3 Å². The summed E-state index contributed by atoms with van der Waals surface area (Å²) < 4.78 is 0. The number of carboxylic acid groups (broad SMARTS) is 1. The molecular weight excluding hydrogens is 420 g/mol. The first-order valence-electron chi connectivity index (χ1n) is 10.3. The molecule has 0 aliphatic rings. The third kappa shape index (κ3) is 8.52. The van der Waals surface area contributed by atoms with Crippen molar-refractivity contribution in [3.8, 4) is 5.75 Å². The van der Waals surface area contributed by atoms with Crippen LogP contribution < -0.4 is 21.7 Å². The molecule has 178 valence electrons. The highest BCUT2D eigenvalue weighted by molar-refractivity contribution is 5.92. The summed E-state index contributed by atoms with van der Waals surface area (Å²) in [4.78, 5) is 48.3. The zero-order chi connectivity index (χ0) is 24.4. The van der Waals surface area contributed by atoms with Crippen molar-refractivity contribution in [3.05, 3.63) is 29.8 Å². The van der Waals surface area contributed by atoms with Crippen molar-refractivity contribution in [1.29, 1.82) is 0 Å². The van der Waals surface area contributed by atoms with Gasteiger partial charge in [-0.2, -0.15) is 0 Å². The normalized spacial score (nSPS) is 15.5. The van der Waals surface area contributed by atoms with Crippen molar-refractivity contribution in [1.82, 2.24) is 16.0 Å². The number of hydrogen-bond donors (Lipinski definition) is 7. The number of carbonyl (C=O) groups excluding carboxylic acids is 3. The van der Waals surface area contributed by atoms with Crippen molar-refractivity contribution < 1.29 is 34.5 Å². The fourth-order valence-corrected chi connectivity index (χ4v) is 2.76. The van der Waals surface area contributed by atoms with Gasteiger partial charge in [-0.05, 0) is 30.5 Å². The van der Waals surface area contributed by atoms with Crippen molar-refractivity contribution in [2.24, 2.45) is 11.7 Å². The van der Waals surface area contributed by atoms with Crippen molar-refractivity contribution in [2.75, 3.05) is 6.54 Å². The summed E-state index contributed by atoms with van der Waals surface area (Å²) in [7, 11) is 0. The Morgan fingerprint density at radius 2 is 1.62 bits per heavy atom. The number of benzene rings is 1. The van der Waals surface area contributed by atoms with Crippen molar-refractivity contribution in [2.45, 2.75) is 57.8 Å². The van der Waals surface area contributed by atoms with Crippen LogP contribution in [0.25, 0.3) is 0 Å². The molecule has 32 heavy (non-hydrogen) atoms. The molecule has 0 heterocycles. The second kappa shape index (κ2) is 12.6. The maximum atomic E-state index is 12.6. The molecule has 11 heteroatoms. The van der Waals surface area contributed by atoms with Crippen LogP contribution in [0, 0.1) is 5.92 Å². The van der Waals surface area contributed by atoms with Crippen LogP contribution in [0.1, 0.15) is 32.8 Å². The number of carboxylic acids is 1. The van der Waals surface area contributed by atoms with Gasteiger partial charge in [0.25, 0.3) is 0 Å². The van der Waals surface area contributed by atoms with Gasteiger partial charge in [-0.25, -0.2) is 4.79 Å². The van der Waals surface area contributed by atoms with Gasteiger partial charge in [0.2, 0.25) is 17.7 Å². The lowest BCUT2D eigenvalue weighted by Crippen LogP contribution is -2.57. The molecule has 5 atom stereocenters. The van der Waals surface area contributed by atoms with Crippen LogP contribution in [0.3, 0.4) is 0 Å². The summed E-state index contributed by atoms with van der Waals surface area (Å²) in [6.45, 7) is 4.48. The van der Waals surface area contributed by atoms with Gasteiger partial charge in [0.15, 0.2) is 0 Å². The SMILES string of the molecule is CCC(C)C(N)C(=O)NCC(=O)NC(C(=O)NC(Cc1ccc(O)cc1)C(=O)O)C(C)O. The van der Waals surface area contributed by atoms with Crippen LogP contribution in [0.5, 0.6) is 5.75 Å². The average Bonchev–Trinajstić information content (AvgIpc) is 2.75. The summed E-state index contributed by atoms with van der Waals surface area (Å²) in [5, 5.41) is 35.6. The lowest BCUT2D eigenvalue weighted by molar-refractivity contribution is -0.142. The molecule has 0 saturated heterocycles. The van der Waals surface area contributed by atoms with Crippen LogP contribution in [0.4, 0.5) is 0 Å². The lowest BCUT2D eigenvalue weighted by Gasteiger charge is -2.24. The monoisotopic (exact) mass is 452 g/mol. The Labute approximate surface area is 186 Å². The van der Waals surface area contributed by atoms with Crippen molar-refractivity contribution in [3.63, 3.8) is 0 Å². The number of nitrogens with two attached hydrogens (primary N) is 1. The van der Waals surface area contributed by atoms with Gasteiger partial charge in [0.1, 0.15) is 17.8 Å². The number of hydrogen-bond acceptors (Lipinski definition) is 7. The van der Waals surface area contributed by atoms with E-state index in [9.17, 15) is 34.5 Å². The van der Waals surface area contributed by atoms with Crippen LogP contribution in [-0.2, 0) is 25.6 Å². The Balaban J connectivity index is 2.72. The highest BCUT2D eigenvalue weighted by Crippen LogP contribution is 2.12. The van der Waals surface area contributed by atoms with Gasteiger partial charge in [0, 0.05) is 6.42 Å². The standard InChI is InChI=1S/C21H32N4O7/c1-4-11(2)17(22)19(29)23-10-16(28)25-18(12(3)26)20(30)24-15(21(31)32)9-13-5-7-14(27)8-6-13/h5-8,11-12,15,17-18,26-27H,4,9-10,22H2,1-3H3,(H,23,29)(H,24,30)(H,25,28)(H,31,32). The average molecular weight is 453 g/mol. The molecule has 0 aliphatic heterocycles. The fraction of sp³-hybridized carbons (Fsp3) is 0.524. The van der Waals surface area contributed by atoms with E-state index in [1.54, 1.807) is 6.92 Å². The summed E-state index contributed by atoms with van der Waals surface area (Å²) in [6.07, 6.45) is -0.731. The number of aromatic hydroxyl groups is 1. The van der Waals surface area contributed by atoms with E-state index in [-0.39, 0.29) is 18.1 Å². The molecule has 0 radical (unpaired) electrons. The molecule has 1 aromatic rings. The summed E-state index contributed by atoms with van der Waals surface area (Å²) in [6, 6.07) is 2.23. The minimum absolute atomic E-state index is 0.0127. The molecule has 1 aromatic carbocycles. The number of carbonyl (C=O) groups is 4. The van der Waals surface area contributed by atoms with E-state index in [1.807, 2.05) is 6.92 Å². The second-order valence-corrected chi connectivity index (χ2v) is 7.68. The second-order valence-electron chi connectivity index (χ2n) is 7.68. The molecule has 0 bridgehead atoms. The summed E-state index contributed by atoms with van der Waals surface area (Å²) >= 11 is 0. The molecule has 3 amide bonds. The number of aliphatic hydroxyl groups is 1. The zero-order valence-electron chi connectivity index (χ0n) is 18.4. The molecule has 5 unspecified atom stereocenters. The Kier molecular flexibility index (Phi) is 10.6. The van der Waals surface area contributed by atoms with Crippen LogP contribution in [-0.4, -0.2) is 69.8 Å². The van der Waals surface area contributed by atoms with Gasteiger partial charge in [-0.15, -0.1) is 0 Å². The Morgan fingerprint density at radius 3 is 2.12 bits per heavy atom. The van der Waals surface area contributed by atoms with E-state index in [0.29, 0.717) is 12.0 Å². The van der Waals surface area contributed by atoms with Gasteiger partial charge < -0.3 is 37.0 Å². The zero-order valence-corrected chi connectivity index (χ0v) is 18.4. The third-order valence-corrected chi connectivity index (χ3v) is 5.06. The Hall–Kier alpha value is -3.18. The number of nitrogens with one attached hydrogen (secondary N) is 3. The number of rotatable bonds is 12. The molecule has 0 aromatic heterocycles. The molecule has 0 saturated carbocycles. The molecule has 1 rings (SSSR count). The van der Waals surface area contributed by atoms with E-state index >= 15 is 0 Å². The first kappa shape index (κ1) is 26.9. The van der Waals surface area contributed by atoms with E-state index < -0.39 is 54.5 Å². The first-order valence-corrected chi connectivity index (χ1v) is 10.3. The van der Waals surface area contributed by atoms with Gasteiger partial charge in [0.05, 0.1) is 18.7 Å². The Morgan fingerprint density at radius 1 is 1.03 bits per heavy atom. The highest BCUT2D eigenvalue weighted by Gasteiger charge is 2.30. The maximum absolute atomic E-state index is 12.6. The van der Waals surface area contributed by atoms with E-state index in [4.69, 9.17) is 5.73 Å². The molecule has 8 N–H and O–H groups in total. The number of aliphatic hydroxyl groups excluding tert-OH is 1. The van der Waals surface area contributed by atoms with Gasteiger partial charge in [-0.3, -0.25) is 14.4 Å². The fourth-order valence-electron chi connectivity index (χ4n) is 2.76.